The molecule has 1 aliphatic heterocycles. The Hall–Kier alpha value is -3.27. The van der Waals surface area contributed by atoms with Crippen molar-refractivity contribution in [2.45, 2.75) is 105 Å². The fourth-order valence-corrected chi connectivity index (χ4v) is 7.02. The minimum Gasteiger partial charge on any atom is -0.354 e. The van der Waals surface area contributed by atoms with Gasteiger partial charge >= 0.3 is 6.03 Å². The molecule has 6 atom stereocenters. The molecule has 0 radical (unpaired) electrons. The Morgan fingerprint density at radius 1 is 0.959 bits per heavy atom. The second-order valence-electron chi connectivity index (χ2n) is 16.1. The number of aromatic nitrogens is 1. The summed E-state index contributed by atoms with van der Waals surface area (Å²) in [5.41, 5.74) is -1.67. The second-order valence-corrected chi connectivity index (χ2v) is 17.9. The molecule has 3 rings (SSSR count). The number of halogens is 2. The summed E-state index contributed by atoms with van der Waals surface area (Å²) in [6.07, 6.45) is 1.57. The van der Waals surface area contributed by atoms with Gasteiger partial charge in [0.1, 0.15) is 18.1 Å². The minimum absolute atomic E-state index is 0.0370. The third-order valence-electron chi connectivity index (χ3n) is 9.65. The van der Waals surface area contributed by atoms with Gasteiger partial charge in [-0.1, -0.05) is 55.4 Å². The predicted octanol–water partition coefficient (Wildman–Crippen LogP) is 2.30. The van der Waals surface area contributed by atoms with Crippen LogP contribution in [-0.4, -0.2) is 98.1 Å². The van der Waals surface area contributed by atoms with Crippen LogP contribution >= 0.6 is 0 Å². The number of fused-ring (bicyclic) bond motifs is 1. The van der Waals surface area contributed by atoms with Crippen LogP contribution in [0.4, 0.5) is 13.6 Å². The first-order valence-corrected chi connectivity index (χ1v) is 18.6. The number of carbonyl (C=O) groups excluding carboxylic acids is 4. The lowest BCUT2D eigenvalue weighted by molar-refractivity contribution is -0.144. The summed E-state index contributed by atoms with van der Waals surface area (Å²) in [4.78, 5) is 55.8. The molecule has 16 heteroatoms. The lowest BCUT2D eigenvalue weighted by Gasteiger charge is -2.38. The third kappa shape index (κ3) is 10.9. The van der Waals surface area contributed by atoms with Gasteiger partial charge in [0, 0.05) is 51.0 Å². The van der Waals surface area contributed by atoms with Crippen molar-refractivity contribution in [1.29, 1.82) is 0 Å². The molecule has 49 heavy (non-hydrogen) atoms. The maximum atomic E-state index is 14.2. The van der Waals surface area contributed by atoms with E-state index in [1.54, 1.807) is 20.8 Å². The molecule has 2 aliphatic rings. The number of likely N-dealkylation sites (tertiary alicyclic amines) is 1. The summed E-state index contributed by atoms with van der Waals surface area (Å²) in [6, 6.07) is -1.24. The summed E-state index contributed by atoms with van der Waals surface area (Å²) in [6.45, 7) is 15.7. The molecule has 0 bridgehead atoms. The number of amides is 5. The summed E-state index contributed by atoms with van der Waals surface area (Å²) >= 11 is 0. The Labute approximate surface area is 289 Å². The van der Waals surface area contributed by atoms with E-state index in [4.69, 9.17) is 0 Å². The number of piperidine rings is 1. The van der Waals surface area contributed by atoms with Crippen molar-refractivity contribution in [2.75, 3.05) is 25.9 Å². The van der Waals surface area contributed by atoms with E-state index in [-0.39, 0.29) is 36.9 Å². The van der Waals surface area contributed by atoms with Crippen molar-refractivity contribution in [3.05, 3.63) is 24.5 Å². The SMILES string of the molecule is CC(C)(C)[C@H](NC(=O)N[C@H](CNS(C)(=O)=O)C(C)(C)C)C(=O)N1C[C@H]2[C@@H]([C@H]1C(=O)N[C@@H](CC(F)F)C(=O)NCCCn1cccc1)C2(C)C. The number of hydrogen-bond donors (Lipinski definition) is 5. The molecule has 1 saturated carbocycles. The number of carbonyl (C=O) groups is 4. The molecule has 1 aromatic rings. The van der Waals surface area contributed by atoms with Crippen molar-refractivity contribution in [1.82, 2.24) is 35.5 Å². The van der Waals surface area contributed by atoms with Gasteiger partial charge < -0.3 is 30.7 Å². The number of urea groups is 1. The highest BCUT2D eigenvalue weighted by atomic mass is 32.2. The maximum Gasteiger partial charge on any atom is 0.315 e. The van der Waals surface area contributed by atoms with Crippen LogP contribution in [0.25, 0.3) is 0 Å². The van der Waals surface area contributed by atoms with Crippen LogP contribution in [0.2, 0.25) is 0 Å². The highest BCUT2D eigenvalue weighted by Gasteiger charge is 2.70. The van der Waals surface area contributed by atoms with Crippen LogP contribution in [0.5, 0.6) is 0 Å². The lowest BCUT2D eigenvalue weighted by Crippen LogP contribution is -2.62. The number of nitrogens with zero attached hydrogens (tertiary/aromatic N) is 2. The maximum absolute atomic E-state index is 14.2. The van der Waals surface area contributed by atoms with Crippen LogP contribution in [0.3, 0.4) is 0 Å². The number of aryl methyl sites for hydroxylation is 1. The Bertz CT molecular complexity index is 1440. The van der Waals surface area contributed by atoms with E-state index < -0.39 is 81.6 Å². The quantitative estimate of drug-likeness (QED) is 0.175. The number of hydrogen-bond acceptors (Lipinski definition) is 6. The van der Waals surface area contributed by atoms with Gasteiger partial charge in [-0.25, -0.2) is 26.7 Å². The van der Waals surface area contributed by atoms with Gasteiger partial charge in [0.2, 0.25) is 34.2 Å². The van der Waals surface area contributed by atoms with Crippen molar-refractivity contribution < 1.29 is 36.4 Å². The number of rotatable bonds is 15. The first-order chi connectivity index (χ1) is 22.4. The predicted molar refractivity (Wildman–Crippen MR) is 182 cm³/mol. The largest absolute Gasteiger partial charge is 0.354 e. The fourth-order valence-electron chi connectivity index (χ4n) is 6.55. The zero-order valence-corrected chi connectivity index (χ0v) is 30.9. The molecule has 278 valence electrons. The summed E-state index contributed by atoms with van der Waals surface area (Å²) in [5.74, 6) is -2.25. The second kappa shape index (κ2) is 15.3. The molecule has 0 unspecified atom stereocenters. The fraction of sp³-hybridized carbons (Fsp3) is 0.758. The average Bonchev–Trinajstić information content (AvgIpc) is 3.38. The molecule has 13 nitrogen and oxygen atoms in total. The van der Waals surface area contributed by atoms with Crippen molar-refractivity contribution in [3.63, 3.8) is 0 Å². The van der Waals surface area contributed by atoms with Crippen molar-refractivity contribution in [3.8, 4) is 0 Å². The highest BCUT2D eigenvalue weighted by molar-refractivity contribution is 7.88. The Balaban J connectivity index is 1.76. The zero-order valence-electron chi connectivity index (χ0n) is 30.1. The van der Waals surface area contributed by atoms with Crippen molar-refractivity contribution >= 4 is 33.8 Å². The minimum atomic E-state index is -3.53. The van der Waals surface area contributed by atoms with E-state index in [1.165, 1.54) is 4.90 Å². The third-order valence-corrected chi connectivity index (χ3v) is 10.3. The van der Waals surface area contributed by atoms with E-state index in [0.29, 0.717) is 13.0 Å². The Kier molecular flexibility index (Phi) is 12.6. The summed E-state index contributed by atoms with van der Waals surface area (Å²) in [5, 5.41) is 10.7. The average molecular weight is 716 g/mol. The first kappa shape index (κ1) is 40.2. The highest BCUT2D eigenvalue weighted by Crippen LogP contribution is 2.65. The van der Waals surface area contributed by atoms with Gasteiger partial charge in [0.25, 0.3) is 0 Å². The zero-order chi connectivity index (χ0) is 37.1. The molecular weight excluding hydrogens is 660 g/mol. The van der Waals surface area contributed by atoms with E-state index in [2.05, 4.69) is 26.0 Å². The number of nitrogens with one attached hydrogen (secondary N) is 5. The first-order valence-electron chi connectivity index (χ1n) is 16.7. The number of sulfonamides is 1. The van der Waals surface area contributed by atoms with Crippen LogP contribution in [0.1, 0.15) is 68.2 Å². The van der Waals surface area contributed by atoms with Gasteiger partial charge in [-0.2, -0.15) is 0 Å². The molecule has 2 fully saturated rings. The molecule has 0 spiro atoms. The van der Waals surface area contributed by atoms with Gasteiger partial charge in [-0.05, 0) is 46.6 Å². The Morgan fingerprint density at radius 2 is 1.57 bits per heavy atom. The summed E-state index contributed by atoms with van der Waals surface area (Å²) < 4.78 is 55.0. The normalized spacial score (nSPS) is 22.1. The molecule has 5 amide bonds. The van der Waals surface area contributed by atoms with Gasteiger partial charge in [-0.15, -0.1) is 0 Å². The Morgan fingerprint density at radius 3 is 2.10 bits per heavy atom. The van der Waals surface area contributed by atoms with E-state index in [1.807, 2.05) is 63.7 Å². The van der Waals surface area contributed by atoms with Crippen LogP contribution < -0.4 is 26.0 Å². The molecule has 0 aromatic carbocycles. The molecule has 1 aliphatic carbocycles. The van der Waals surface area contributed by atoms with E-state index >= 15 is 0 Å². The molecule has 2 heterocycles. The van der Waals surface area contributed by atoms with Crippen LogP contribution in [0, 0.1) is 28.1 Å². The smallest absolute Gasteiger partial charge is 0.315 e. The van der Waals surface area contributed by atoms with E-state index in [0.717, 1.165) is 6.26 Å². The van der Waals surface area contributed by atoms with E-state index in [9.17, 15) is 36.4 Å². The van der Waals surface area contributed by atoms with Crippen molar-refractivity contribution in [2.24, 2.45) is 28.1 Å². The molecule has 5 N–H and O–H groups in total. The monoisotopic (exact) mass is 715 g/mol. The van der Waals surface area contributed by atoms with Crippen LogP contribution in [-0.2, 0) is 31.0 Å². The number of alkyl halides is 2. The van der Waals surface area contributed by atoms with Gasteiger partial charge in [-0.3, -0.25) is 14.4 Å². The topological polar surface area (TPSA) is 171 Å². The van der Waals surface area contributed by atoms with Gasteiger partial charge in [0.05, 0.1) is 6.26 Å². The molecule has 1 aromatic heterocycles. The summed E-state index contributed by atoms with van der Waals surface area (Å²) in [7, 11) is -3.53. The standard InChI is InChI=1S/C33H55F2N7O6S/c1-31(2,3)22(18-37-49(9,47)48)39-30(46)40-26(32(4,5)6)29(45)42-19-20-24(33(20,7)8)25(42)28(44)38-21(17-23(34)35)27(43)36-13-12-16-41-14-10-11-15-41/h10-11,14-15,20-26,37H,12-13,16-19H2,1-9H3,(H,36,43)(H,38,44)(H2,39,40,46)/t20-,21-,22+,24-,25-,26+/m0/s1. The van der Waals surface area contributed by atoms with Crippen LogP contribution in [0.15, 0.2) is 24.5 Å². The lowest BCUT2D eigenvalue weighted by atomic mass is 9.85. The molecule has 1 saturated heterocycles. The molecular formula is C33H55F2N7O6S. The van der Waals surface area contributed by atoms with Gasteiger partial charge in [0.15, 0.2) is 0 Å².